The standard InChI is InChI=1S/C25H21BrCl2F3N5O4/c1-13(40-14(2)37)23-32-20(33-36(23)18-6-4-3-5-17(18)28)12-35-22(26)21(15-7-9-16(27)10-8-15)34(24(35)39)11-19(38)25(29,30)31/h3-10,13,19,38H,11-12H2,1-2H3/t13-,19-/m0/s1. The first-order valence-electron chi connectivity index (χ1n) is 11.7. The Balaban J connectivity index is 1.84. The van der Waals surface area contributed by atoms with E-state index in [0.717, 1.165) is 9.13 Å². The number of aliphatic hydroxyl groups is 1. The molecule has 2 heterocycles. The average molecular weight is 663 g/mol. The first kappa shape index (κ1) is 29.8. The largest absolute Gasteiger partial charge is 0.455 e. The number of imidazole rings is 1. The van der Waals surface area contributed by atoms with Crippen LogP contribution in [0, 0.1) is 0 Å². The summed E-state index contributed by atoms with van der Waals surface area (Å²) < 4.78 is 48.5. The fourth-order valence-electron chi connectivity index (χ4n) is 3.97. The lowest BCUT2D eigenvalue weighted by Gasteiger charge is -2.16. The van der Waals surface area contributed by atoms with Gasteiger partial charge in [0.2, 0.25) is 0 Å². The summed E-state index contributed by atoms with van der Waals surface area (Å²) in [6.07, 6.45) is -8.61. The monoisotopic (exact) mass is 661 g/mol. The molecule has 2 atom stereocenters. The molecule has 9 nitrogen and oxygen atoms in total. The second-order valence-corrected chi connectivity index (χ2v) is 10.3. The van der Waals surface area contributed by atoms with Gasteiger partial charge < -0.3 is 9.84 Å². The van der Waals surface area contributed by atoms with Gasteiger partial charge in [0.05, 0.1) is 29.5 Å². The van der Waals surface area contributed by atoms with Crippen LogP contribution >= 0.6 is 39.1 Å². The van der Waals surface area contributed by atoms with E-state index in [1.165, 1.54) is 35.9 Å². The Morgan fingerprint density at radius 3 is 2.38 bits per heavy atom. The first-order chi connectivity index (χ1) is 18.8. The summed E-state index contributed by atoms with van der Waals surface area (Å²) >= 11 is 15.7. The quantitative estimate of drug-likeness (QED) is 0.248. The number of hydrogen-bond donors (Lipinski definition) is 1. The molecule has 0 spiro atoms. The van der Waals surface area contributed by atoms with Gasteiger partial charge in [-0.15, -0.1) is 5.10 Å². The summed E-state index contributed by atoms with van der Waals surface area (Å²) in [6.45, 7) is 1.48. The topological polar surface area (TPSA) is 104 Å². The van der Waals surface area contributed by atoms with E-state index in [9.17, 15) is 27.9 Å². The molecule has 4 aromatic rings. The van der Waals surface area contributed by atoms with Crippen molar-refractivity contribution in [2.75, 3.05) is 0 Å². The number of carbonyl (C=O) groups is 1. The van der Waals surface area contributed by atoms with Crippen LogP contribution in [0.25, 0.3) is 16.9 Å². The van der Waals surface area contributed by atoms with E-state index in [2.05, 4.69) is 26.0 Å². The van der Waals surface area contributed by atoms with Gasteiger partial charge in [0, 0.05) is 17.5 Å². The summed E-state index contributed by atoms with van der Waals surface area (Å²) in [7, 11) is 0. The van der Waals surface area contributed by atoms with Gasteiger partial charge in [0.15, 0.2) is 23.9 Å². The first-order valence-corrected chi connectivity index (χ1v) is 13.2. The van der Waals surface area contributed by atoms with E-state index in [0.29, 0.717) is 21.3 Å². The highest BCUT2D eigenvalue weighted by atomic mass is 79.9. The van der Waals surface area contributed by atoms with Crippen molar-refractivity contribution in [2.24, 2.45) is 0 Å². The number of alkyl halides is 3. The molecule has 212 valence electrons. The highest BCUT2D eigenvalue weighted by Crippen LogP contribution is 2.31. The maximum absolute atomic E-state index is 13.5. The maximum atomic E-state index is 13.5. The van der Waals surface area contributed by atoms with Crippen LogP contribution in [0.15, 0.2) is 57.9 Å². The van der Waals surface area contributed by atoms with Crippen LogP contribution in [0.1, 0.15) is 31.6 Å². The lowest BCUT2D eigenvalue weighted by molar-refractivity contribution is -0.207. The minimum absolute atomic E-state index is 0.0768. The number of hydrogen-bond acceptors (Lipinski definition) is 6. The van der Waals surface area contributed by atoms with Crippen LogP contribution in [0.3, 0.4) is 0 Å². The smallest absolute Gasteiger partial charge is 0.416 e. The summed E-state index contributed by atoms with van der Waals surface area (Å²) in [5.74, 6) is -0.283. The fraction of sp³-hybridized carbons (Fsp3) is 0.280. The molecule has 0 aliphatic carbocycles. The molecular formula is C25H21BrCl2F3N5O4. The third-order valence-electron chi connectivity index (χ3n) is 5.78. The van der Waals surface area contributed by atoms with Crippen LogP contribution in [-0.2, 0) is 22.6 Å². The van der Waals surface area contributed by atoms with E-state index in [1.807, 2.05) is 0 Å². The van der Waals surface area contributed by atoms with Gasteiger partial charge in [-0.2, -0.15) is 13.2 Å². The molecule has 0 radical (unpaired) electrons. The van der Waals surface area contributed by atoms with Crippen LogP contribution in [0.5, 0.6) is 0 Å². The number of aromatic nitrogens is 5. The van der Waals surface area contributed by atoms with Crippen molar-refractivity contribution in [3.05, 3.63) is 85.3 Å². The highest BCUT2D eigenvalue weighted by Gasteiger charge is 2.39. The second kappa shape index (κ2) is 11.8. The van der Waals surface area contributed by atoms with E-state index >= 15 is 0 Å². The number of ether oxygens (including phenoxy) is 1. The molecule has 0 unspecified atom stereocenters. The third-order valence-corrected chi connectivity index (χ3v) is 7.15. The molecule has 4 rings (SSSR count). The number of aliphatic hydroxyl groups excluding tert-OH is 1. The van der Waals surface area contributed by atoms with Crippen LogP contribution < -0.4 is 5.69 Å². The van der Waals surface area contributed by atoms with Crippen molar-refractivity contribution in [1.82, 2.24) is 23.9 Å². The molecule has 0 aliphatic heterocycles. The molecule has 0 bridgehead atoms. The zero-order valence-corrected chi connectivity index (χ0v) is 24.0. The molecule has 0 fully saturated rings. The van der Waals surface area contributed by atoms with Gasteiger partial charge in [-0.25, -0.2) is 14.5 Å². The van der Waals surface area contributed by atoms with Crippen LogP contribution in [0.2, 0.25) is 10.0 Å². The van der Waals surface area contributed by atoms with E-state index < -0.39 is 36.6 Å². The molecular weight excluding hydrogens is 642 g/mol. The summed E-state index contributed by atoms with van der Waals surface area (Å²) in [4.78, 5) is 29.5. The normalized spacial score (nSPS) is 13.3. The molecule has 40 heavy (non-hydrogen) atoms. The van der Waals surface area contributed by atoms with E-state index in [4.69, 9.17) is 27.9 Å². The summed E-state index contributed by atoms with van der Waals surface area (Å²) in [5, 5.41) is 15.0. The summed E-state index contributed by atoms with van der Waals surface area (Å²) in [5.41, 5.74) is 0.0316. The highest BCUT2D eigenvalue weighted by molar-refractivity contribution is 9.10. The molecule has 0 amide bonds. The molecule has 2 aromatic heterocycles. The van der Waals surface area contributed by atoms with Gasteiger partial charge in [-0.3, -0.25) is 13.9 Å². The minimum atomic E-state index is -4.96. The van der Waals surface area contributed by atoms with E-state index in [1.54, 1.807) is 31.2 Å². The van der Waals surface area contributed by atoms with Crippen molar-refractivity contribution in [3.63, 3.8) is 0 Å². The van der Waals surface area contributed by atoms with Crippen molar-refractivity contribution >= 4 is 45.1 Å². The van der Waals surface area contributed by atoms with Gasteiger partial charge in [0.25, 0.3) is 0 Å². The third kappa shape index (κ3) is 6.27. The van der Waals surface area contributed by atoms with Crippen molar-refractivity contribution < 1.29 is 27.8 Å². The zero-order valence-electron chi connectivity index (χ0n) is 20.9. The lowest BCUT2D eigenvalue weighted by Crippen LogP contribution is -2.37. The second-order valence-electron chi connectivity index (χ2n) is 8.68. The predicted molar refractivity (Wildman–Crippen MR) is 145 cm³/mol. The van der Waals surface area contributed by atoms with E-state index in [-0.39, 0.29) is 28.5 Å². The number of para-hydroxylation sites is 1. The predicted octanol–water partition coefficient (Wildman–Crippen LogP) is 5.56. The SMILES string of the molecule is CC(=O)O[C@@H](C)c1nc(Cn2c(Br)c(-c3ccc(Cl)cc3)n(C[C@H](O)C(F)(F)F)c2=O)nn1-c1ccccc1Cl. The van der Waals surface area contributed by atoms with Gasteiger partial charge in [0.1, 0.15) is 4.60 Å². The molecule has 0 aliphatic rings. The van der Waals surface area contributed by atoms with Gasteiger partial charge in [-0.1, -0.05) is 47.5 Å². The Morgan fingerprint density at radius 2 is 1.77 bits per heavy atom. The Hall–Kier alpha value is -3.13. The molecule has 15 heteroatoms. The zero-order chi connectivity index (χ0) is 29.4. The van der Waals surface area contributed by atoms with Gasteiger partial charge >= 0.3 is 17.8 Å². The van der Waals surface area contributed by atoms with Crippen LogP contribution in [0.4, 0.5) is 13.2 Å². The maximum Gasteiger partial charge on any atom is 0.416 e. The van der Waals surface area contributed by atoms with Crippen molar-refractivity contribution in [3.8, 4) is 16.9 Å². The number of carbonyl (C=O) groups excluding carboxylic acids is 1. The van der Waals surface area contributed by atoms with Gasteiger partial charge in [-0.05, 0) is 47.1 Å². The molecule has 2 aromatic carbocycles. The minimum Gasteiger partial charge on any atom is -0.455 e. The number of benzene rings is 2. The van der Waals surface area contributed by atoms with Crippen molar-refractivity contribution in [1.29, 1.82) is 0 Å². The Morgan fingerprint density at radius 1 is 1.12 bits per heavy atom. The summed E-state index contributed by atoms with van der Waals surface area (Å²) in [6, 6.07) is 12.8. The number of halogens is 6. The van der Waals surface area contributed by atoms with Crippen LogP contribution in [-0.4, -0.2) is 47.3 Å². The van der Waals surface area contributed by atoms with Crippen molar-refractivity contribution in [2.45, 2.75) is 45.3 Å². The Bertz CT molecular complexity index is 1600. The lowest BCUT2D eigenvalue weighted by atomic mass is 10.1. The number of esters is 1. The molecule has 0 saturated heterocycles. The number of nitrogens with zero attached hydrogens (tertiary/aromatic N) is 5. The molecule has 1 N–H and O–H groups in total. The fourth-order valence-corrected chi connectivity index (χ4v) is 5.03. The average Bonchev–Trinajstić information content (AvgIpc) is 3.39. The Kier molecular flexibility index (Phi) is 8.78. The number of rotatable bonds is 8. The molecule has 0 saturated carbocycles. The Labute approximate surface area is 243 Å².